The summed E-state index contributed by atoms with van der Waals surface area (Å²) >= 11 is 1.32. The van der Waals surface area contributed by atoms with Crippen molar-refractivity contribution in [2.24, 2.45) is 0 Å². The lowest BCUT2D eigenvalue weighted by atomic mass is 10.1. The van der Waals surface area contributed by atoms with Crippen LogP contribution < -0.4 is 20.1 Å². The lowest BCUT2D eigenvalue weighted by Gasteiger charge is -2.06. The number of carbonyl (C=O) groups is 2. The van der Waals surface area contributed by atoms with E-state index < -0.39 is 5.91 Å². The second-order valence-corrected chi connectivity index (χ2v) is 7.35. The van der Waals surface area contributed by atoms with E-state index in [0.717, 1.165) is 10.4 Å². The molecule has 0 spiro atoms. The number of hydrogen-bond acceptors (Lipinski definition) is 6. The van der Waals surface area contributed by atoms with Gasteiger partial charge in [0.1, 0.15) is 5.82 Å². The molecule has 29 heavy (non-hydrogen) atoms. The standard InChI is InChI=1S/C20H16FN3O4S/c21-14-4-1-12(2-5-14)7-15-9-23-20(29-15)24-18(25)10-22-19(26)13-3-6-16-17(8-13)28-11-27-16/h1-6,8-9H,7,10-11H2,(H,22,26)(H,23,24,25). The number of aromatic nitrogens is 1. The summed E-state index contributed by atoms with van der Waals surface area (Å²) in [7, 11) is 0. The van der Waals surface area contributed by atoms with Gasteiger partial charge in [-0.25, -0.2) is 9.37 Å². The zero-order valence-corrected chi connectivity index (χ0v) is 15.9. The summed E-state index contributed by atoms with van der Waals surface area (Å²) in [6.45, 7) is -0.0695. The van der Waals surface area contributed by atoms with E-state index in [2.05, 4.69) is 15.6 Å². The van der Waals surface area contributed by atoms with Gasteiger partial charge in [-0.05, 0) is 35.9 Å². The number of thiazole rings is 1. The first-order valence-electron chi connectivity index (χ1n) is 8.74. The Labute approximate surface area is 169 Å². The van der Waals surface area contributed by atoms with Crippen molar-refractivity contribution < 1.29 is 23.5 Å². The minimum absolute atomic E-state index is 0.125. The van der Waals surface area contributed by atoms with Gasteiger partial charge in [0.15, 0.2) is 16.6 Å². The van der Waals surface area contributed by atoms with Crippen molar-refractivity contribution in [2.75, 3.05) is 18.7 Å². The molecule has 4 rings (SSSR count). The molecule has 0 radical (unpaired) electrons. The van der Waals surface area contributed by atoms with Gasteiger partial charge in [0, 0.05) is 23.1 Å². The fourth-order valence-corrected chi connectivity index (χ4v) is 3.58. The average Bonchev–Trinajstić information content (AvgIpc) is 3.36. The van der Waals surface area contributed by atoms with Crippen molar-refractivity contribution in [2.45, 2.75) is 6.42 Å². The molecule has 148 valence electrons. The Morgan fingerprint density at radius 3 is 2.72 bits per heavy atom. The van der Waals surface area contributed by atoms with Crippen LogP contribution in [0.4, 0.5) is 9.52 Å². The van der Waals surface area contributed by atoms with Crippen molar-refractivity contribution >= 4 is 28.3 Å². The van der Waals surface area contributed by atoms with E-state index >= 15 is 0 Å². The molecule has 0 bridgehead atoms. The molecule has 0 atom stereocenters. The third-order valence-corrected chi connectivity index (χ3v) is 5.05. The normalized spacial score (nSPS) is 11.9. The number of nitrogens with zero attached hydrogens (tertiary/aromatic N) is 1. The number of halogens is 1. The van der Waals surface area contributed by atoms with E-state index in [1.165, 1.54) is 23.5 Å². The van der Waals surface area contributed by atoms with Gasteiger partial charge in [0.05, 0.1) is 6.54 Å². The minimum Gasteiger partial charge on any atom is -0.454 e. The molecule has 2 N–H and O–H groups in total. The number of anilines is 1. The lowest BCUT2D eigenvalue weighted by Crippen LogP contribution is -2.32. The number of rotatable bonds is 6. The molecule has 2 amide bonds. The smallest absolute Gasteiger partial charge is 0.251 e. The van der Waals surface area contributed by atoms with Gasteiger partial charge in [0.25, 0.3) is 5.91 Å². The van der Waals surface area contributed by atoms with Crippen LogP contribution >= 0.6 is 11.3 Å². The molecule has 9 heteroatoms. The maximum absolute atomic E-state index is 13.0. The van der Waals surface area contributed by atoms with Crippen LogP contribution in [0.25, 0.3) is 0 Å². The fraction of sp³-hybridized carbons (Fsp3) is 0.150. The lowest BCUT2D eigenvalue weighted by molar-refractivity contribution is -0.115. The summed E-state index contributed by atoms with van der Waals surface area (Å²) in [5, 5.41) is 5.65. The highest BCUT2D eigenvalue weighted by Crippen LogP contribution is 2.32. The number of fused-ring (bicyclic) bond motifs is 1. The molecular weight excluding hydrogens is 397 g/mol. The number of ether oxygens (including phenoxy) is 2. The van der Waals surface area contributed by atoms with Crippen LogP contribution in [0.1, 0.15) is 20.8 Å². The van der Waals surface area contributed by atoms with Gasteiger partial charge in [-0.1, -0.05) is 12.1 Å². The van der Waals surface area contributed by atoms with Crippen molar-refractivity contribution in [3.8, 4) is 11.5 Å². The zero-order valence-electron chi connectivity index (χ0n) is 15.1. The number of benzene rings is 2. The highest BCUT2D eigenvalue weighted by atomic mass is 32.1. The van der Waals surface area contributed by atoms with Gasteiger partial charge >= 0.3 is 0 Å². The molecule has 0 unspecified atom stereocenters. The second kappa shape index (κ2) is 8.27. The van der Waals surface area contributed by atoms with Gasteiger partial charge in [0.2, 0.25) is 12.7 Å². The van der Waals surface area contributed by atoms with Crippen LogP contribution in [0, 0.1) is 5.82 Å². The van der Waals surface area contributed by atoms with Gasteiger partial charge in [-0.2, -0.15) is 0 Å². The van der Waals surface area contributed by atoms with Crippen LogP contribution in [0.3, 0.4) is 0 Å². The summed E-state index contributed by atoms with van der Waals surface area (Å²) < 4.78 is 23.4. The van der Waals surface area contributed by atoms with E-state index in [1.54, 1.807) is 36.5 Å². The monoisotopic (exact) mass is 413 g/mol. The first-order chi connectivity index (χ1) is 14.1. The topological polar surface area (TPSA) is 89.6 Å². The Kier molecular flexibility index (Phi) is 5.39. The Hall–Kier alpha value is -3.46. The maximum atomic E-state index is 13.0. The predicted octanol–water partition coefficient (Wildman–Crippen LogP) is 2.97. The van der Waals surface area contributed by atoms with Gasteiger partial charge in [-0.15, -0.1) is 11.3 Å². The summed E-state index contributed by atoms with van der Waals surface area (Å²) in [6.07, 6.45) is 2.25. The highest BCUT2D eigenvalue weighted by Gasteiger charge is 2.17. The first-order valence-corrected chi connectivity index (χ1v) is 9.55. The molecule has 0 saturated carbocycles. The Morgan fingerprint density at radius 2 is 1.90 bits per heavy atom. The number of nitrogens with one attached hydrogen (secondary N) is 2. The van der Waals surface area contributed by atoms with Crippen LogP contribution in [-0.4, -0.2) is 30.1 Å². The van der Waals surface area contributed by atoms with E-state index in [0.29, 0.717) is 28.6 Å². The van der Waals surface area contributed by atoms with Crippen molar-refractivity contribution in [1.29, 1.82) is 0 Å². The van der Waals surface area contributed by atoms with Crippen LogP contribution in [0.2, 0.25) is 0 Å². The van der Waals surface area contributed by atoms with E-state index in [4.69, 9.17) is 9.47 Å². The van der Waals surface area contributed by atoms with Crippen molar-refractivity contribution in [1.82, 2.24) is 10.3 Å². The number of carbonyl (C=O) groups excluding carboxylic acids is 2. The number of hydrogen-bond donors (Lipinski definition) is 2. The Balaban J connectivity index is 1.28. The molecule has 2 heterocycles. The quantitative estimate of drug-likeness (QED) is 0.649. The number of amides is 2. The third-order valence-electron chi connectivity index (χ3n) is 4.14. The average molecular weight is 413 g/mol. The summed E-state index contributed by atoms with van der Waals surface area (Å²) in [4.78, 5) is 29.4. The molecule has 2 aromatic carbocycles. The minimum atomic E-state index is -0.394. The van der Waals surface area contributed by atoms with Gasteiger partial charge < -0.3 is 20.1 Å². The SMILES string of the molecule is O=C(CNC(=O)c1ccc2c(c1)OCO2)Nc1ncc(Cc2ccc(F)cc2)s1. The molecule has 1 aliphatic rings. The fourth-order valence-electron chi connectivity index (χ4n) is 2.71. The first kappa shape index (κ1) is 18.9. The van der Waals surface area contributed by atoms with Crippen molar-refractivity contribution in [3.63, 3.8) is 0 Å². The Bertz CT molecular complexity index is 1050. The van der Waals surface area contributed by atoms with E-state index in [1.807, 2.05) is 0 Å². The van der Waals surface area contributed by atoms with Crippen LogP contribution in [0.15, 0.2) is 48.7 Å². The molecule has 7 nitrogen and oxygen atoms in total. The molecule has 0 fully saturated rings. The largest absolute Gasteiger partial charge is 0.454 e. The molecular formula is C20H16FN3O4S. The Morgan fingerprint density at radius 1 is 1.10 bits per heavy atom. The van der Waals surface area contributed by atoms with Gasteiger partial charge in [-0.3, -0.25) is 9.59 Å². The van der Waals surface area contributed by atoms with Crippen LogP contribution in [0.5, 0.6) is 11.5 Å². The van der Waals surface area contributed by atoms with E-state index in [-0.39, 0.29) is 25.1 Å². The molecule has 3 aromatic rings. The van der Waals surface area contributed by atoms with Crippen LogP contribution in [-0.2, 0) is 11.2 Å². The second-order valence-electron chi connectivity index (χ2n) is 6.23. The molecule has 0 saturated heterocycles. The molecule has 1 aromatic heterocycles. The summed E-state index contributed by atoms with van der Waals surface area (Å²) in [5.41, 5.74) is 1.32. The summed E-state index contributed by atoms with van der Waals surface area (Å²) in [5.74, 6) is 0.0169. The molecule has 1 aliphatic heterocycles. The van der Waals surface area contributed by atoms with E-state index in [9.17, 15) is 14.0 Å². The third kappa shape index (κ3) is 4.69. The molecule has 0 aliphatic carbocycles. The highest BCUT2D eigenvalue weighted by molar-refractivity contribution is 7.15. The zero-order chi connectivity index (χ0) is 20.2. The summed E-state index contributed by atoms with van der Waals surface area (Å²) in [6, 6.07) is 11.0. The predicted molar refractivity (Wildman–Crippen MR) is 105 cm³/mol. The maximum Gasteiger partial charge on any atom is 0.251 e. The van der Waals surface area contributed by atoms with Crippen molar-refractivity contribution in [3.05, 3.63) is 70.5 Å².